The van der Waals surface area contributed by atoms with Crippen LogP contribution < -0.4 is 10.9 Å². The number of carbonyl (C=O) groups excluding carboxylic acids is 2. The van der Waals surface area contributed by atoms with Gasteiger partial charge in [0.05, 0.1) is 10.8 Å². The van der Waals surface area contributed by atoms with Crippen LogP contribution in [0.25, 0.3) is 11.4 Å². The Balaban J connectivity index is 1.39. The number of benzene rings is 2. The lowest BCUT2D eigenvalue weighted by atomic mass is 10.2. The number of aromatic nitrogens is 2. The quantitative estimate of drug-likeness (QED) is 0.418. The normalized spacial score (nSPS) is 10.6. The van der Waals surface area contributed by atoms with Crippen LogP contribution >= 0.6 is 35.0 Å². The van der Waals surface area contributed by atoms with Crippen molar-refractivity contribution in [3.8, 4) is 11.4 Å². The number of thioether (sulfide) groups is 1. The zero-order chi connectivity index (χ0) is 20.6. The SMILES string of the molecule is O=C(CCc1nc(-c2ccccc2)no1)NNC(=O)CSc1cc(Cl)ccc1Cl. The molecule has 0 unspecified atom stereocenters. The van der Waals surface area contributed by atoms with Crippen LogP contribution in [0, 0.1) is 0 Å². The van der Waals surface area contributed by atoms with Gasteiger partial charge in [-0.25, -0.2) is 0 Å². The van der Waals surface area contributed by atoms with Gasteiger partial charge in [0.1, 0.15) is 0 Å². The van der Waals surface area contributed by atoms with E-state index in [0.29, 0.717) is 26.7 Å². The fourth-order valence-corrected chi connectivity index (χ4v) is 3.54. The number of hydrogen-bond donors (Lipinski definition) is 2. The molecule has 150 valence electrons. The van der Waals surface area contributed by atoms with Crippen molar-refractivity contribution in [1.29, 1.82) is 0 Å². The third-order valence-electron chi connectivity index (χ3n) is 3.66. The Morgan fingerprint density at radius 2 is 1.79 bits per heavy atom. The van der Waals surface area contributed by atoms with E-state index in [1.807, 2.05) is 30.3 Å². The molecule has 2 aromatic carbocycles. The molecule has 0 fully saturated rings. The van der Waals surface area contributed by atoms with E-state index in [1.54, 1.807) is 18.2 Å². The molecule has 0 aliphatic rings. The standard InChI is InChI=1S/C19H16Cl2N4O3S/c20-13-6-7-14(21)15(10-13)29-11-17(27)24-23-16(26)8-9-18-22-19(25-28-18)12-4-2-1-3-5-12/h1-7,10H,8-9,11H2,(H,23,26)(H,24,27). The van der Waals surface area contributed by atoms with Gasteiger partial charge in [-0.2, -0.15) is 4.98 Å². The average Bonchev–Trinajstić information content (AvgIpc) is 3.21. The van der Waals surface area contributed by atoms with Crippen LogP contribution in [0.4, 0.5) is 0 Å². The van der Waals surface area contributed by atoms with Crippen molar-refractivity contribution >= 4 is 46.8 Å². The Morgan fingerprint density at radius 1 is 1.03 bits per heavy atom. The summed E-state index contributed by atoms with van der Waals surface area (Å²) in [7, 11) is 0. The summed E-state index contributed by atoms with van der Waals surface area (Å²) in [4.78, 5) is 28.7. The molecule has 0 radical (unpaired) electrons. The molecular weight excluding hydrogens is 435 g/mol. The van der Waals surface area contributed by atoms with Gasteiger partial charge in [-0.15, -0.1) is 11.8 Å². The van der Waals surface area contributed by atoms with E-state index in [-0.39, 0.29) is 30.4 Å². The summed E-state index contributed by atoms with van der Waals surface area (Å²) in [6, 6.07) is 14.4. The average molecular weight is 451 g/mol. The van der Waals surface area contributed by atoms with Gasteiger partial charge in [0.15, 0.2) is 0 Å². The first-order chi connectivity index (χ1) is 14.0. The second kappa shape index (κ2) is 10.3. The number of hydrogen-bond acceptors (Lipinski definition) is 6. The zero-order valence-electron chi connectivity index (χ0n) is 15.0. The first-order valence-electron chi connectivity index (χ1n) is 8.55. The lowest BCUT2D eigenvalue weighted by Crippen LogP contribution is -2.42. The number of rotatable bonds is 7. The summed E-state index contributed by atoms with van der Waals surface area (Å²) in [5, 5.41) is 4.93. The number of amides is 2. The van der Waals surface area contributed by atoms with E-state index >= 15 is 0 Å². The van der Waals surface area contributed by atoms with Gasteiger partial charge in [-0.1, -0.05) is 58.7 Å². The largest absolute Gasteiger partial charge is 0.339 e. The van der Waals surface area contributed by atoms with E-state index < -0.39 is 0 Å². The molecule has 0 bridgehead atoms. The monoisotopic (exact) mass is 450 g/mol. The number of halogens is 2. The summed E-state index contributed by atoms with van der Waals surface area (Å²) in [6.45, 7) is 0. The molecule has 0 aliphatic carbocycles. The highest BCUT2D eigenvalue weighted by molar-refractivity contribution is 8.00. The Bertz CT molecular complexity index is 998. The van der Waals surface area contributed by atoms with Gasteiger partial charge in [-0.3, -0.25) is 20.4 Å². The molecule has 0 saturated heterocycles. The molecule has 7 nitrogen and oxygen atoms in total. The molecule has 2 N–H and O–H groups in total. The molecule has 1 aromatic heterocycles. The van der Waals surface area contributed by atoms with Gasteiger partial charge in [0.25, 0.3) is 0 Å². The Labute approximate surface area is 181 Å². The number of carbonyl (C=O) groups is 2. The van der Waals surface area contributed by atoms with Crippen molar-refractivity contribution in [1.82, 2.24) is 21.0 Å². The summed E-state index contributed by atoms with van der Waals surface area (Å²) in [5.74, 6) is 0.138. The van der Waals surface area contributed by atoms with E-state index in [0.717, 1.165) is 5.56 Å². The van der Waals surface area contributed by atoms with Crippen molar-refractivity contribution in [3.63, 3.8) is 0 Å². The Morgan fingerprint density at radius 3 is 2.59 bits per heavy atom. The van der Waals surface area contributed by atoms with E-state index in [9.17, 15) is 9.59 Å². The Kier molecular flexibility index (Phi) is 7.51. The minimum atomic E-state index is -0.372. The fourth-order valence-electron chi connectivity index (χ4n) is 2.25. The highest BCUT2D eigenvalue weighted by atomic mass is 35.5. The van der Waals surface area contributed by atoms with Crippen LogP contribution in [-0.2, 0) is 16.0 Å². The van der Waals surface area contributed by atoms with Gasteiger partial charge < -0.3 is 4.52 Å². The minimum Gasteiger partial charge on any atom is -0.339 e. The van der Waals surface area contributed by atoms with Crippen molar-refractivity contribution in [2.45, 2.75) is 17.7 Å². The first-order valence-corrected chi connectivity index (χ1v) is 10.3. The molecule has 0 saturated carbocycles. The topological polar surface area (TPSA) is 97.1 Å². The first kappa shape index (κ1) is 21.2. The van der Waals surface area contributed by atoms with Gasteiger partial charge >= 0.3 is 0 Å². The lowest BCUT2D eigenvalue weighted by Gasteiger charge is -2.07. The third kappa shape index (κ3) is 6.49. The molecule has 29 heavy (non-hydrogen) atoms. The van der Waals surface area contributed by atoms with Crippen molar-refractivity contribution in [3.05, 3.63) is 64.5 Å². The maximum Gasteiger partial charge on any atom is 0.248 e. The molecule has 0 atom stereocenters. The van der Waals surface area contributed by atoms with E-state index in [4.69, 9.17) is 27.7 Å². The highest BCUT2D eigenvalue weighted by Gasteiger charge is 2.12. The van der Waals surface area contributed by atoms with Crippen LogP contribution in [0.15, 0.2) is 57.9 Å². The molecule has 0 aliphatic heterocycles. The third-order valence-corrected chi connectivity index (χ3v) is 5.39. The summed E-state index contributed by atoms with van der Waals surface area (Å²) in [6.07, 6.45) is 0.346. The summed E-state index contributed by atoms with van der Waals surface area (Å²) >= 11 is 13.2. The van der Waals surface area contributed by atoms with Gasteiger partial charge in [0.2, 0.25) is 23.5 Å². The van der Waals surface area contributed by atoms with Gasteiger partial charge in [-0.05, 0) is 18.2 Å². The number of nitrogens with one attached hydrogen (secondary N) is 2. The zero-order valence-corrected chi connectivity index (χ0v) is 17.4. The second-order valence-corrected chi connectivity index (χ2v) is 7.70. The highest BCUT2D eigenvalue weighted by Crippen LogP contribution is 2.29. The molecule has 1 heterocycles. The van der Waals surface area contributed by atoms with Gasteiger partial charge in [0, 0.05) is 28.3 Å². The minimum absolute atomic E-state index is 0.0738. The predicted molar refractivity (Wildman–Crippen MR) is 112 cm³/mol. The van der Waals surface area contributed by atoms with E-state index in [1.165, 1.54) is 11.8 Å². The van der Waals surface area contributed by atoms with Crippen molar-refractivity contribution < 1.29 is 14.1 Å². The molecule has 10 heteroatoms. The maximum atomic E-state index is 11.9. The summed E-state index contributed by atoms with van der Waals surface area (Å²) < 4.78 is 5.15. The molecular formula is C19H16Cl2N4O3S. The molecule has 3 rings (SSSR count). The second-order valence-electron chi connectivity index (χ2n) is 5.84. The summed E-state index contributed by atoms with van der Waals surface area (Å²) in [5.41, 5.74) is 5.53. The number of aryl methyl sites for hydroxylation is 1. The van der Waals surface area contributed by atoms with Crippen molar-refractivity contribution in [2.75, 3.05) is 5.75 Å². The molecule has 0 spiro atoms. The van der Waals surface area contributed by atoms with Crippen LogP contribution in [-0.4, -0.2) is 27.7 Å². The maximum absolute atomic E-state index is 11.9. The fraction of sp³-hybridized carbons (Fsp3) is 0.158. The number of hydrazine groups is 1. The number of nitrogens with zero attached hydrogens (tertiary/aromatic N) is 2. The molecule has 2 amide bonds. The Hall–Kier alpha value is -2.55. The predicted octanol–water partition coefficient (Wildman–Crippen LogP) is 3.92. The van der Waals surface area contributed by atoms with Crippen molar-refractivity contribution in [2.24, 2.45) is 0 Å². The van der Waals surface area contributed by atoms with Crippen LogP contribution in [0.1, 0.15) is 12.3 Å². The smallest absolute Gasteiger partial charge is 0.248 e. The van der Waals surface area contributed by atoms with E-state index in [2.05, 4.69) is 21.0 Å². The van der Waals surface area contributed by atoms with Crippen LogP contribution in [0.3, 0.4) is 0 Å². The molecule has 3 aromatic rings. The lowest BCUT2D eigenvalue weighted by molar-refractivity contribution is -0.127. The van der Waals surface area contributed by atoms with Crippen LogP contribution in [0.2, 0.25) is 10.0 Å². The van der Waals surface area contributed by atoms with Crippen LogP contribution in [0.5, 0.6) is 0 Å².